The van der Waals surface area contributed by atoms with Gasteiger partial charge in [0.15, 0.2) is 9.84 Å². The Kier molecular flexibility index (Phi) is 6.59. The highest BCUT2D eigenvalue weighted by molar-refractivity contribution is 9.09. The maximum Gasteiger partial charge on any atom is 0.238 e. The molecular formula is C11H20BrNO4S. The predicted octanol–water partition coefficient (Wildman–Crippen LogP) is 0.870. The molecule has 1 saturated heterocycles. The van der Waals surface area contributed by atoms with Crippen molar-refractivity contribution in [3.8, 4) is 0 Å². The van der Waals surface area contributed by atoms with Gasteiger partial charge in [-0.2, -0.15) is 0 Å². The molecule has 106 valence electrons. The predicted molar refractivity (Wildman–Crippen MR) is 73.6 cm³/mol. The number of ether oxygens (including phenoxy) is 1. The van der Waals surface area contributed by atoms with Crippen LogP contribution >= 0.6 is 15.9 Å². The van der Waals surface area contributed by atoms with Crippen LogP contribution in [-0.2, 0) is 19.4 Å². The average Bonchev–Trinajstić information content (AvgIpc) is 2.28. The fourth-order valence-electron chi connectivity index (χ4n) is 2.07. The van der Waals surface area contributed by atoms with Crippen LogP contribution in [0.25, 0.3) is 0 Å². The molecular weight excluding hydrogens is 322 g/mol. The third-order valence-electron chi connectivity index (χ3n) is 3.04. The van der Waals surface area contributed by atoms with Crippen LogP contribution in [0.1, 0.15) is 25.7 Å². The Bertz CT molecular complexity index is 365. The lowest BCUT2D eigenvalue weighted by Gasteiger charge is -2.24. The third kappa shape index (κ3) is 4.51. The number of hydrogen-bond donors (Lipinski definition) is 1. The first kappa shape index (κ1) is 15.9. The van der Waals surface area contributed by atoms with E-state index in [1.807, 2.05) is 0 Å². The lowest BCUT2D eigenvalue weighted by Crippen LogP contribution is -2.48. The summed E-state index contributed by atoms with van der Waals surface area (Å²) < 4.78 is 28.6. The molecule has 1 heterocycles. The van der Waals surface area contributed by atoms with Crippen molar-refractivity contribution in [3.63, 3.8) is 0 Å². The Morgan fingerprint density at radius 2 is 2.22 bits per heavy atom. The van der Waals surface area contributed by atoms with Crippen molar-refractivity contribution < 1.29 is 17.9 Å². The van der Waals surface area contributed by atoms with Gasteiger partial charge in [0.25, 0.3) is 0 Å². The van der Waals surface area contributed by atoms with Gasteiger partial charge < -0.3 is 10.1 Å². The number of methoxy groups -OCH3 is 1. The molecule has 2 atom stereocenters. The van der Waals surface area contributed by atoms with Gasteiger partial charge >= 0.3 is 0 Å². The SMILES string of the molecule is COCC(CCBr)NC(=O)C1CCCCS1(=O)=O. The van der Waals surface area contributed by atoms with Crippen molar-refractivity contribution in [2.24, 2.45) is 0 Å². The second-order valence-corrected chi connectivity index (χ2v) is 7.59. The summed E-state index contributed by atoms with van der Waals surface area (Å²) >= 11 is 3.30. The summed E-state index contributed by atoms with van der Waals surface area (Å²) in [4.78, 5) is 12.0. The maximum atomic E-state index is 12.0. The number of rotatable bonds is 6. The van der Waals surface area contributed by atoms with Crippen LogP contribution in [0.2, 0.25) is 0 Å². The standard InChI is InChI=1S/C11H20BrNO4S/c1-17-8-9(5-6-12)13-11(14)10-4-2-3-7-18(10,15)16/h9-10H,2-8H2,1H3,(H,13,14). The topological polar surface area (TPSA) is 72.5 Å². The highest BCUT2D eigenvalue weighted by Crippen LogP contribution is 2.19. The van der Waals surface area contributed by atoms with Gasteiger partial charge in [0.2, 0.25) is 5.91 Å². The number of alkyl halides is 1. The molecule has 0 bridgehead atoms. The number of hydrogen-bond acceptors (Lipinski definition) is 4. The van der Waals surface area contributed by atoms with Crippen molar-refractivity contribution in [2.45, 2.75) is 37.0 Å². The van der Waals surface area contributed by atoms with Crippen LogP contribution in [0.5, 0.6) is 0 Å². The van der Waals surface area contributed by atoms with Crippen LogP contribution < -0.4 is 5.32 Å². The van der Waals surface area contributed by atoms with Crippen molar-refractivity contribution in [1.29, 1.82) is 0 Å². The highest BCUT2D eigenvalue weighted by atomic mass is 79.9. The monoisotopic (exact) mass is 341 g/mol. The highest BCUT2D eigenvalue weighted by Gasteiger charge is 2.35. The van der Waals surface area contributed by atoms with Crippen LogP contribution in [-0.4, -0.2) is 50.4 Å². The summed E-state index contributed by atoms with van der Waals surface area (Å²) in [5.41, 5.74) is 0. The molecule has 7 heteroatoms. The number of carbonyl (C=O) groups is 1. The molecule has 0 aromatic rings. The minimum Gasteiger partial charge on any atom is -0.383 e. The van der Waals surface area contributed by atoms with Gasteiger partial charge in [-0.25, -0.2) is 8.42 Å². The first-order valence-electron chi connectivity index (χ1n) is 6.08. The van der Waals surface area contributed by atoms with Gasteiger partial charge in [-0.3, -0.25) is 4.79 Å². The van der Waals surface area contributed by atoms with Crippen LogP contribution in [0.3, 0.4) is 0 Å². The molecule has 18 heavy (non-hydrogen) atoms. The van der Waals surface area contributed by atoms with Gasteiger partial charge in [0.05, 0.1) is 18.4 Å². The van der Waals surface area contributed by atoms with E-state index < -0.39 is 15.1 Å². The van der Waals surface area contributed by atoms with Crippen molar-refractivity contribution in [3.05, 3.63) is 0 Å². The molecule has 2 unspecified atom stereocenters. The first-order chi connectivity index (χ1) is 8.51. The van der Waals surface area contributed by atoms with E-state index in [9.17, 15) is 13.2 Å². The molecule has 1 rings (SSSR count). The Balaban J connectivity index is 2.62. The van der Waals surface area contributed by atoms with Gasteiger partial charge in [0.1, 0.15) is 5.25 Å². The molecule has 0 aromatic carbocycles. The Hall–Kier alpha value is -0.140. The van der Waals surface area contributed by atoms with E-state index >= 15 is 0 Å². The summed E-state index contributed by atoms with van der Waals surface area (Å²) in [6.45, 7) is 0.393. The van der Waals surface area contributed by atoms with Crippen LogP contribution in [0.15, 0.2) is 0 Å². The molecule has 1 aliphatic heterocycles. The zero-order valence-corrected chi connectivity index (χ0v) is 12.9. The van der Waals surface area contributed by atoms with Gasteiger partial charge in [-0.1, -0.05) is 22.4 Å². The van der Waals surface area contributed by atoms with Crippen molar-refractivity contribution >= 4 is 31.7 Å². The second-order valence-electron chi connectivity index (χ2n) is 4.49. The van der Waals surface area contributed by atoms with E-state index in [2.05, 4.69) is 21.2 Å². The number of carbonyl (C=O) groups excluding carboxylic acids is 1. The average molecular weight is 342 g/mol. The van der Waals surface area contributed by atoms with Crippen LogP contribution in [0, 0.1) is 0 Å². The fraction of sp³-hybridized carbons (Fsp3) is 0.909. The molecule has 0 spiro atoms. The minimum absolute atomic E-state index is 0.123. The number of sulfone groups is 1. The van der Waals surface area contributed by atoms with Gasteiger partial charge in [-0.05, 0) is 19.3 Å². The van der Waals surface area contributed by atoms with Crippen molar-refractivity contribution in [1.82, 2.24) is 5.32 Å². The zero-order valence-electron chi connectivity index (χ0n) is 10.5. The Labute approximate surface area is 117 Å². The second kappa shape index (κ2) is 7.45. The van der Waals surface area contributed by atoms with E-state index in [-0.39, 0.29) is 17.7 Å². The molecule has 0 aliphatic carbocycles. The summed E-state index contributed by atoms with van der Waals surface area (Å²) in [5.74, 6) is -0.254. The molecule has 1 N–H and O–H groups in total. The van der Waals surface area contributed by atoms with E-state index in [0.29, 0.717) is 25.9 Å². The smallest absolute Gasteiger partial charge is 0.238 e. The minimum atomic E-state index is -3.26. The summed E-state index contributed by atoms with van der Waals surface area (Å²) in [7, 11) is -1.70. The molecule has 0 aromatic heterocycles. The Morgan fingerprint density at radius 3 is 2.78 bits per heavy atom. The van der Waals surface area contributed by atoms with Gasteiger partial charge in [0, 0.05) is 12.4 Å². The van der Waals surface area contributed by atoms with E-state index in [4.69, 9.17) is 4.74 Å². The van der Waals surface area contributed by atoms with Crippen molar-refractivity contribution in [2.75, 3.05) is 24.8 Å². The molecule has 1 aliphatic rings. The lowest BCUT2D eigenvalue weighted by molar-refractivity contribution is -0.122. The Morgan fingerprint density at radius 1 is 1.50 bits per heavy atom. The van der Waals surface area contributed by atoms with Gasteiger partial charge in [-0.15, -0.1) is 0 Å². The van der Waals surface area contributed by atoms with E-state index in [0.717, 1.165) is 11.8 Å². The normalized spacial score (nSPS) is 24.4. The summed E-state index contributed by atoms with van der Waals surface area (Å²) in [6, 6.07) is -0.140. The largest absolute Gasteiger partial charge is 0.383 e. The third-order valence-corrected chi connectivity index (χ3v) is 5.68. The molecule has 1 amide bonds. The zero-order chi connectivity index (χ0) is 13.6. The number of nitrogens with one attached hydrogen (secondary N) is 1. The molecule has 5 nitrogen and oxygen atoms in total. The fourth-order valence-corrected chi connectivity index (χ4v) is 4.44. The number of amides is 1. The summed E-state index contributed by atoms with van der Waals surface area (Å²) in [6.07, 6.45) is 2.61. The van der Waals surface area contributed by atoms with E-state index in [1.54, 1.807) is 7.11 Å². The summed E-state index contributed by atoms with van der Waals surface area (Å²) in [5, 5.41) is 2.63. The maximum absolute atomic E-state index is 12.0. The number of halogens is 1. The van der Waals surface area contributed by atoms with E-state index in [1.165, 1.54) is 0 Å². The first-order valence-corrected chi connectivity index (χ1v) is 8.92. The quantitative estimate of drug-likeness (QED) is 0.727. The molecule has 1 fully saturated rings. The molecule has 0 saturated carbocycles. The lowest BCUT2D eigenvalue weighted by atomic mass is 10.1. The molecule has 0 radical (unpaired) electrons. The van der Waals surface area contributed by atoms with Crippen LogP contribution in [0.4, 0.5) is 0 Å².